The first-order chi connectivity index (χ1) is 9.28. The Balaban J connectivity index is 2.20. The molecular formula is C15H22N2O3. The van der Waals surface area contributed by atoms with Crippen LogP contribution in [0.1, 0.15) is 43.7 Å². The molecule has 3 N–H and O–H groups in total. The van der Waals surface area contributed by atoms with E-state index in [1.54, 1.807) is 11.0 Å². The Hall–Kier alpha value is -1.59. The molecular weight excluding hydrogens is 256 g/mol. The average Bonchev–Trinajstić information content (AvgIpc) is 2.35. The zero-order valence-corrected chi connectivity index (χ0v) is 12.2. The molecule has 0 fully saturated rings. The molecule has 1 aromatic rings. The summed E-state index contributed by atoms with van der Waals surface area (Å²) in [6.45, 7) is 6.58. The van der Waals surface area contributed by atoms with E-state index >= 15 is 0 Å². The number of hydrogen-bond acceptors (Lipinski definition) is 4. The van der Waals surface area contributed by atoms with Gasteiger partial charge in [-0.2, -0.15) is 0 Å². The maximum absolute atomic E-state index is 12.1. The van der Waals surface area contributed by atoms with Crippen molar-refractivity contribution >= 4 is 6.09 Å². The number of carbonyl (C=O) groups is 1. The summed E-state index contributed by atoms with van der Waals surface area (Å²) in [4.78, 5) is 13.8. The summed E-state index contributed by atoms with van der Waals surface area (Å²) in [5.41, 5.74) is 7.81. The standard InChI is InChI=1S/C15H22N2O3/c1-15(2,3)20-14(19)17-8-7-10-5-4-6-11(13(16)18)12(10)9-17/h4-6,13,18H,7-9,16H2,1-3H3. The molecule has 0 saturated heterocycles. The number of aliphatic hydroxyl groups is 1. The molecule has 0 aromatic heterocycles. The highest BCUT2D eigenvalue weighted by Gasteiger charge is 2.27. The van der Waals surface area contributed by atoms with Gasteiger partial charge in [0.2, 0.25) is 0 Å². The number of nitrogens with two attached hydrogens (primary N) is 1. The van der Waals surface area contributed by atoms with Crippen LogP contribution in [0.2, 0.25) is 0 Å². The highest BCUT2D eigenvalue weighted by molar-refractivity contribution is 5.68. The molecule has 0 radical (unpaired) electrons. The van der Waals surface area contributed by atoms with Gasteiger partial charge in [-0.05, 0) is 38.3 Å². The third-order valence-corrected chi connectivity index (χ3v) is 3.28. The van der Waals surface area contributed by atoms with Crippen LogP contribution in [0.4, 0.5) is 4.79 Å². The van der Waals surface area contributed by atoms with Gasteiger partial charge in [-0.15, -0.1) is 0 Å². The molecule has 110 valence electrons. The molecule has 1 aliphatic rings. The Labute approximate surface area is 119 Å². The molecule has 2 rings (SSSR count). The van der Waals surface area contributed by atoms with Crippen LogP contribution in [0.5, 0.6) is 0 Å². The van der Waals surface area contributed by atoms with Crippen molar-refractivity contribution in [2.75, 3.05) is 6.54 Å². The Morgan fingerprint density at radius 3 is 2.75 bits per heavy atom. The van der Waals surface area contributed by atoms with Crippen molar-refractivity contribution in [1.82, 2.24) is 4.90 Å². The predicted octanol–water partition coefficient (Wildman–Crippen LogP) is 1.93. The van der Waals surface area contributed by atoms with Crippen LogP contribution in [-0.4, -0.2) is 28.2 Å². The summed E-state index contributed by atoms with van der Waals surface area (Å²) in [6, 6.07) is 5.68. The van der Waals surface area contributed by atoms with Crippen molar-refractivity contribution in [3.8, 4) is 0 Å². The van der Waals surface area contributed by atoms with Crippen LogP contribution in [-0.2, 0) is 17.7 Å². The van der Waals surface area contributed by atoms with Crippen LogP contribution in [0.3, 0.4) is 0 Å². The van der Waals surface area contributed by atoms with E-state index in [0.29, 0.717) is 18.7 Å². The molecule has 0 bridgehead atoms. The second-order valence-corrected chi connectivity index (χ2v) is 6.08. The lowest BCUT2D eigenvalue weighted by molar-refractivity contribution is 0.0221. The maximum atomic E-state index is 12.1. The number of amides is 1. The summed E-state index contributed by atoms with van der Waals surface area (Å²) in [5, 5.41) is 9.63. The lowest BCUT2D eigenvalue weighted by Crippen LogP contribution is -2.40. The second kappa shape index (κ2) is 5.42. The third-order valence-electron chi connectivity index (χ3n) is 3.28. The molecule has 1 aromatic carbocycles. The number of rotatable bonds is 1. The third kappa shape index (κ3) is 3.29. The Kier molecular flexibility index (Phi) is 4.01. The van der Waals surface area contributed by atoms with Gasteiger partial charge in [0.1, 0.15) is 11.8 Å². The monoisotopic (exact) mass is 278 g/mol. The van der Waals surface area contributed by atoms with Gasteiger partial charge in [0.15, 0.2) is 0 Å². The first-order valence-corrected chi connectivity index (χ1v) is 6.80. The minimum Gasteiger partial charge on any atom is -0.444 e. The zero-order chi connectivity index (χ0) is 14.9. The molecule has 1 atom stereocenters. The molecule has 1 aliphatic heterocycles. The smallest absolute Gasteiger partial charge is 0.410 e. The Morgan fingerprint density at radius 1 is 1.45 bits per heavy atom. The number of benzene rings is 1. The fourth-order valence-electron chi connectivity index (χ4n) is 2.37. The van der Waals surface area contributed by atoms with E-state index in [1.807, 2.05) is 32.9 Å². The molecule has 5 nitrogen and oxygen atoms in total. The van der Waals surface area contributed by atoms with E-state index in [-0.39, 0.29) is 6.09 Å². The Morgan fingerprint density at radius 2 is 2.15 bits per heavy atom. The van der Waals surface area contributed by atoms with Gasteiger partial charge in [0.25, 0.3) is 0 Å². The summed E-state index contributed by atoms with van der Waals surface area (Å²) in [7, 11) is 0. The van der Waals surface area contributed by atoms with Gasteiger partial charge in [-0.25, -0.2) is 4.79 Å². The first kappa shape index (κ1) is 14.8. The molecule has 0 aliphatic carbocycles. The molecule has 0 saturated carbocycles. The van der Waals surface area contributed by atoms with E-state index < -0.39 is 11.8 Å². The largest absolute Gasteiger partial charge is 0.444 e. The fraction of sp³-hybridized carbons (Fsp3) is 0.533. The van der Waals surface area contributed by atoms with Gasteiger partial charge in [-0.1, -0.05) is 18.2 Å². The molecule has 5 heteroatoms. The average molecular weight is 278 g/mol. The predicted molar refractivity (Wildman–Crippen MR) is 75.9 cm³/mol. The summed E-state index contributed by atoms with van der Waals surface area (Å²) in [5.74, 6) is 0. The number of nitrogens with zero attached hydrogens (tertiary/aromatic N) is 1. The number of fused-ring (bicyclic) bond motifs is 1. The van der Waals surface area contributed by atoms with Crippen LogP contribution < -0.4 is 5.73 Å². The van der Waals surface area contributed by atoms with Gasteiger partial charge in [-0.3, -0.25) is 0 Å². The number of ether oxygens (including phenoxy) is 1. The SMILES string of the molecule is CC(C)(C)OC(=O)N1CCc2cccc(C(N)O)c2C1. The number of aliphatic hydroxyl groups excluding tert-OH is 1. The van der Waals surface area contributed by atoms with Gasteiger partial charge in [0, 0.05) is 18.7 Å². The molecule has 1 heterocycles. The minimum absolute atomic E-state index is 0.329. The van der Waals surface area contributed by atoms with Crippen molar-refractivity contribution in [3.05, 3.63) is 34.9 Å². The normalized spacial score (nSPS) is 16.6. The lowest BCUT2D eigenvalue weighted by atomic mass is 9.94. The maximum Gasteiger partial charge on any atom is 0.410 e. The fourth-order valence-corrected chi connectivity index (χ4v) is 2.37. The zero-order valence-electron chi connectivity index (χ0n) is 12.2. The number of carbonyl (C=O) groups excluding carboxylic acids is 1. The van der Waals surface area contributed by atoms with Gasteiger partial charge < -0.3 is 20.5 Å². The van der Waals surface area contributed by atoms with Gasteiger partial charge >= 0.3 is 6.09 Å². The summed E-state index contributed by atoms with van der Waals surface area (Å²) >= 11 is 0. The number of hydrogen-bond donors (Lipinski definition) is 2. The Bertz CT molecular complexity index is 506. The molecule has 1 amide bonds. The molecule has 1 unspecified atom stereocenters. The van der Waals surface area contributed by atoms with Crippen molar-refractivity contribution in [2.24, 2.45) is 5.73 Å². The quantitative estimate of drug-likeness (QED) is 0.770. The second-order valence-electron chi connectivity index (χ2n) is 6.08. The van der Waals surface area contributed by atoms with Crippen molar-refractivity contribution in [2.45, 2.75) is 45.6 Å². The van der Waals surface area contributed by atoms with E-state index in [1.165, 1.54) is 0 Å². The summed E-state index contributed by atoms with van der Waals surface area (Å²) < 4.78 is 5.39. The molecule has 0 spiro atoms. The van der Waals surface area contributed by atoms with E-state index in [9.17, 15) is 9.90 Å². The first-order valence-electron chi connectivity index (χ1n) is 6.80. The van der Waals surface area contributed by atoms with E-state index in [2.05, 4.69) is 0 Å². The topological polar surface area (TPSA) is 75.8 Å². The van der Waals surface area contributed by atoms with Crippen LogP contribution in [0.15, 0.2) is 18.2 Å². The highest BCUT2D eigenvalue weighted by atomic mass is 16.6. The summed E-state index contributed by atoms with van der Waals surface area (Å²) in [6.07, 6.45) is -0.609. The lowest BCUT2D eigenvalue weighted by Gasteiger charge is -2.32. The molecule has 20 heavy (non-hydrogen) atoms. The van der Waals surface area contributed by atoms with Crippen molar-refractivity contribution in [3.63, 3.8) is 0 Å². The van der Waals surface area contributed by atoms with E-state index in [0.717, 1.165) is 17.5 Å². The highest BCUT2D eigenvalue weighted by Crippen LogP contribution is 2.26. The van der Waals surface area contributed by atoms with Crippen molar-refractivity contribution < 1.29 is 14.6 Å². The van der Waals surface area contributed by atoms with Crippen LogP contribution >= 0.6 is 0 Å². The minimum atomic E-state index is -1.02. The van der Waals surface area contributed by atoms with Crippen LogP contribution in [0.25, 0.3) is 0 Å². The van der Waals surface area contributed by atoms with Crippen molar-refractivity contribution in [1.29, 1.82) is 0 Å². The van der Waals surface area contributed by atoms with E-state index in [4.69, 9.17) is 10.5 Å². The van der Waals surface area contributed by atoms with Gasteiger partial charge in [0.05, 0.1) is 0 Å². The van der Waals surface area contributed by atoms with Crippen LogP contribution in [0, 0.1) is 0 Å².